The summed E-state index contributed by atoms with van der Waals surface area (Å²) in [6.07, 6.45) is 3.85. The molecule has 0 radical (unpaired) electrons. The van der Waals surface area contributed by atoms with Crippen molar-refractivity contribution in [3.05, 3.63) is 52.5 Å². The highest BCUT2D eigenvalue weighted by Gasteiger charge is 2.26. The Hall–Kier alpha value is -3.00. The number of ether oxygens (including phenoxy) is 1. The van der Waals surface area contributed by atoms with Crippen molar-refractivity contribution in [2.45, 2.75) is 50.5 Å². The Morgan fingerprint density at radius 1 is 1.16 bits per heavy atom. The molecule has 0 unspecified atom stereocenters. The third-order valence-corrected chi connectivity index (χ3v) is 9.13. The predicted molar refractivity (Wildman–Crippen MR) is 145 cm³/mol. The van der Waals surface area contributed by atoms with Crippen molar-refractivity contribution in [3.8, 4) is 5.75 Å². The fourth-order valence-electron chi connectivity index (χ4n) is 4.81. The maximum absolute atomic E-state index is 13.2. The second-order valence-electron chi connectivity index (χ2n) is 9.86. The van der Waals surface area contributed by atoms with E-state index in [9.17, 15) is 13.2 Å². The summed E-state index contributed by atoms with van der Waals surface area (Å²) in [5, 5.41) is 0. The zero-order valence-corrected chi connectivity index (χ0v) is 23.4. The van der Waals surface area contributed by atoms with Gasteiger partial charge in [-0.25, -0.2) is 17.6 Å². The zero-order valence-electron chi connectivity index (χ0n) is 22.6. The number of piperidine rings is 1. The Bertz CT molecular complexity index is 1260. The fraction of sp³-hybridized carbons (Fsp3) is 0.519. The molecular formula is C27H37N5O4S. The molecule has 0 saturated carbocycles. The lowest BCUT2D eigenvalue weighted by Gasteiger charge is -2.36. The second kappa shape index (κ2) is 12.0. The summed E-state index contributed by atoms with van der Waals surface area (Å²) in [4.78, 5) is 25.5. The average molecular weight is 528 g/mol. The smallest absolute Gasteiger partial charge is 0.243 e. The number of methoxy groups -OCH3 is 1. The number of carbonyl (C=O) groups excluding carboxylic acids is 1. The number of hydrogen-bond acceptors (Lipinski definition) is 7. The van der Waals surface area contributed by atoms with Gasteiger partial charge in [0, 0.05) is 51.8 Å². The average Bonchev–Trinajstić information content (AvgIpc) is 2.86. The van der Waals surface area contributed by atoms with E-state index >= 15 is 0 Å². The Morgan fingerprint density at radius 2 is 1.78 bits per heavy atom. The van der Waals surface area contributed by atoms with Crippen molar-refractivity contribution in [1.29, 1.82) is 0 Å². The maximum atomic E-state index is 13.2. The van der Waals surface area contributed by atoms with Crippen LogP contribution in [-0.2, 0) is 21.2 Å². The number of Topliss-reactive ketones (excluding diaryl/α,β-unsaturated/α-hetero) is 1. The number of hydrogen-bond donors (Lipinski definition) is 0. The quantitative estimate of drug-likeness (QED) is 0.436. The molecule has 0 atom stereocenters. The number of nitrogens with zero attached hydrogens (tertiary/aromatic N) is 5. The molecule has 0 amide bonds. The summed E-state index contributed by atoms with van der Waals surface area (Å²) in [6.45, 7) is 12.8. The number of carbonyl (C=O) groups is 1. The Labute approximate surface area is 220 Å². The molecule has 1 aromatic carbocycles. The van der Waals surface area contributed by atoms with Gasteiger partial charge in [0.1, 0.15) is 17.4 Å². The molecule has 10 heteroatoms. The van der Waals surface area contributed by atoms with Crippen molar-refractivity contribution in [2.24, 2.45) is 0 Å². The van der Waals surface area contributed by atoms with Crippen LogP contribution in [0.5, 0.6) is 5.75 Å². The molecule has 1 aliphatic rings. The minimum atomic E-state index is -3.77. The number of aryl methyl sites for hydroxylation is 2. The van der Waals surface area contributed by atoms with Crippen LogP contribution >= 0.6 is 0 Å². The lowest BCUT2D eigenvalue weighted by molar-refractivity contribution is -0.118. The maximum Gasteiger partial charge on any atom is 0.243 e. The van der Waals surface area contributed by atoms with Gasteiger partial charge >= 0.3 is 0 Å². The molecule has 0 aliphatic carbocycles. The topological polar surface area (TPSA) is 87.4 Å². The van der Waals surface area contributed by atoms with E-state index in [1.54, 1.807) is 45.4 Å². The zero-order chi connectivity index (χ0) is 27.3. The summed E-state index contributed by atoms with van der Waals surface area (Å²) in [7, 11) is 3.43. The molecule has 1 aliphatic heterocycles. The molecule has 1 saturated heterocycles. The first-order chi connectivity index (χ1) is 17.5. The number of aromatic nitrogens is 1. The summed E-state index contributed by atoms with van der Waals surface area (Å²) in [5.41, 5.74) is 2.30. The van der Waals surface area contributed by atoms with Crippen LogP contribution in [0, 0.1) is 20.4 Å². The Balaban J connectivity index is 1.63. The molecule has 200 valence electrons. The highest BCUT2D eigenvalue weighted by atomic mass is 32.2. The SMILES string of the molecule is [C-]#[N+]c1cc(CC(=O)CCN(C)S(=O)(=O)c2c(C)cc(OC)cc2C)cnc1N1CCC(N(C)C)CC1. The first-order valence-corrected chi connectivity index (χ1v) is 13.8. The largest absolute Gasteiger partial charge is 0.497 e. The molecular weight excluding hydrogens is 490 g/mol. The number of sulfonamides is 1. The van der Waals surface area contributed by atoms with Gasteiger partial charge in [-0.15, -0.1) is 0 Å². The summed E-state index contributed by atoms with van der Waals surface area (Å²) < 4.78 is 32.8. The van der Waals surface area contributed by atoms with E-state index in [4.69, 9.17) is 11.3 Å². The van der Waals surface area contributed by atoms with Gasteiger partial charge in [-0.1, -0.05) is 0 Å². The third-order valence-electron chi connectivity index (χ3n) is 6.96. The van der Waals surface area contributed by atoms with E-state index in [1.165, 1.54) is 11.4 Å². The lowest BCUT2D eigenvalue weighted by Crippen LogP contribution is -2.42. The van der Waals surface area contributed by atoms with Crippen molar-refractivity contribution in [3.63, 3.8) is 0 Å². The van der Waals surface area contributed by atoms with Gasteiger partial charge in [0.15, 0.2) is 0 Å². The van der Waals surface area contributed by atoms with E-state index in [0.717, 1.165) is 25.9 Å². The van der Waals surface area contributed by atoms with Crippen LogP contribution in [0.15, 0.2) is 29.3 Å². The molecule has 2 aromatic rings. The molecule has 0 spiro atoms. The van der Waals surface area contributed by atoms with Gasteiger partial charge in [0.25, 0.3) is 0 Å². The number of anilines is 1. The van der Waals surface area contributed by atoms with Crippen molar-refractivity contribution in [1.82, 2.24) is 14.2 Å². The number of pyridine rings is 1. The van der Waals surface area contributed by atoms with Crippen LogP contribution in [0.4, 0.5) is 11.5 Å². The molecule has 1 fully saturated rings. The summed E-state index contributed by atoms with van der Waals surface area (Å²) in [6, 6.07) is 5.64. The number of benzene rings is 1. The molecule has 0 bridgehead atoms. The van der Waals surface area contributed by atoms with Gasteiger partial charge < -0.3 is 14.5 Å². The number of ketones is 1. The monoisotopic (exact) mass is 527 g/mol. The van der Waals surface area contributed by atoms with Crippen LogP contribution in [-0.4, -0.2) is 82.3 Å². The fourth-order valence-corrected chi connectivity index (χ4v) is 6.39. The second-order valence-corrected chi connectivity index (χ2v) is 11.8. The van der Waals surface area contributed by atoms with E-state index in [1.807, 2.05) is 0 Å². The predicted octanol–water partition coefficient (Wildman–Crippen LogP) is 3.61. The van der Waals surface area contributed by atoms with Gasteiger partial charge in [-0.05, 0) is 75.7 Å². The minimum absolute atomic E-state index is 0.0636. The Morgan fingerprint density at radius 3 is 2.32 bits per heavy atom. The molecule has 9 nitrogen and oxygen atoms in total. The van der Waals surface area contributed by atoms with Gasteiger partial charge in [-0.2, -0.15) is 0 Å². The molecule has 0 N–H and O–H groups in total. The molecule has 3 rings (SSSR count). The van der Waals surface area contributed by atoms with Crippen LogP contribution < -0.4 is 9.64 Å². The highest BCUT2D eigenvalue weighted by molar-refractivity contribution is 7.89. The molecule has 2 heterocycles. The van der Waals surface area contributed by atoms with Crippen molar-refractivity contribution in [2.75, 3.05) is 52.8 Å². The van der Waals surface area contributed by atoms with E-state index in [-0.39, 0.29) is 30.1 Å². The first kappa shape index (κ1) is 28.6. The normalized spacial score (nSPS) is 14.7. The molecule has 37 heavy (non-hydrogen) atoms. The molecule has 1 aromatic heterocycles. The van der Waals surface area contributed by atoms with Gasteiger partial charge in [0.2, 0.25) is 15.7 Å². The van der Waals surface area contributed by atoms with Gasteiger partial charge in [0.05, 0.1) is 18.6 Å². The van der Waals surface area contributed by atoms with Crippen LogP contribution in [0.1, 0.15) is 36.0 Å². The van der Waals surface area contributed by atoms with Crippen LogP contribution in [0.25, 0.3) is 4.85 Å². The standard InChI is InChI=1S/C27H37N5O4S/c1-19-14-24(36-7)15-20(2)26(19)37(34,35)31(6)11-10-23(33)16-21-17-25(28-3)27(29-18-21)32-12-8-22(9-13-32)30(4)5/h14-15,17-18,22H,8-13,16H2,1-2,4-7H3. The minimum Gasteiger partial charge on any atom is -0.497 e. The third kappa shape index (κ3) is 6.66. The Kier molecular flexibility index (Phi) is 9.29. The van der Waals surface area contributed by atoms with Crippen molar-refractivity contribution < 1.29 is 17.9 Å². The van der Waals surface area contributed by atoms with Crippen LogP contribution in [0.2, 0.25) is 0 Å². The van der Waals surface area contributed by atoms with Gasteiger partial charge in [-0.3, -0.25) is 9.78 Å². The number of rotatable bonds is 10. The van der Waals surface area contributed by atoms with E-state index < -0.39 is 10.0 Å². The van der Waals surface area contributed by atoms with Crippen LogP contribution in [0.3, 0.4) is 0 Å². The first-order valence-electron chi connectivity index (χ1n) is 12.4. The summed E-state index contributed by atoms with van der Waals surface area (Å²) >= 11 is 0. The highest BCUT2D eigenvalue weighted by Crippen LogP contribution is 2.31. The lowest BCUT2D eigenvalue weighted by atomic mass is 10.0. The van der Waals surface area contributed by atoms with E-state index in [2.05, 4.69) is 33.7 Å². The van der Waals surface area contributed by atoms with E-state index in [0.29, 0.717) is 40.0 Å². The summed E-state index contributed by atoms with van der Waals surface area (Å²) in [5.74, 6) is 1.16. The van der Waals surface area contributed by atoms with Crippen molar-refractivity contribution >= 4 is 27.3 Å².